The lowest BCUT2D eigenvalue weighted by Crippen LogP contribution is -2.14. The van der Waals surface area contributed by atoms with Crippen LogP contribution in [-0.4, -0.2) is 34.0 Å². The summed E-state index contributed by atoms with van der Waals surface area (Å²) in [5.74, 6) is 1.35. The zero-order chi connectivity index (χ0) is 15.5. The third-order valence-electron chi connectivity index (χ3n) is 3.03. The average molecular weight is 315 g/mol. The highest BCUT2D eigenvalue weighted by Crippen LogP contribution is 2.22. The fraction of sp³-hybridized carbons (Fsp3) is 0.133. The molecule has 0 N–H and O–H groups in total. The number of hydrogen-bond acceptors (Lipinski definition) is 6. The van der Waals surface area contributed by atoms with Crippen LogP contribution in [0.5, 0.6) is 5.75 Å². The maximum Gasteiger partial charge on any atom is 0.280 e. The lowest BCUT2D eigenvalue weighted by molar-refractivity contribution is 0.0933. The van der Waals surface area contributed by atoms with E-state index in [9.17, 15) is 4.79 Å². The van der Waals surface area contributed by atoms with Crippen LogP contribution < -0.4 is 4.74 Å². The SMILES string of the molecule is COc1ccc(C(=O)n2nc(-c3ccco3)nc2SC)cc1. The number of thioether (sulfide) groups is 1. The highest BCUT2D eigenvalue weighted by Gasteiger charge is 2.19. The first-order chi connectivity index (χ1) is 10.7. The maximum absolute atomic E-state index is 12.6. The molecule has 0 aliphatic heterocycles. The Labute approximate surface area is 131 Å². The predicted octanol–water partition coefficient (Wildman–Crippen LogP) is 2.96. The maximum atomic E-state index is 12.6. The molecule has 6 nitrogen and oxygen atoms in total. The molecule has 0 unspecified atom stereocenters. The van der Waals surface area contributed by atoms with Gasteiger partial charge in [-0.25, -0.2) is 0 Å². The van der Waals surface area contributed by atoms with E-state index in [1.165, 1.54) is 16.4 Å². The molecule has 0 aliphatic rings. The summed E-state index contributed by atoms with van der Waals surface area (Å²) in [7, 11) is 1.58. The van der Waals surface area contributed by atoms with Crippen molar-refractivity contribution in [2.24, 2.45) is 0 Å². The number of ether oxygens (including phenoxy) is 1. The fourth-order valence-electron chi connectivity index (χ4n) is 1.93. The van der Waals surface area contributed by atoms with Crippen molar-refractivity contribution in [2.75, 3.05) is 13.4 Å². The molecular formula is C15H13N3O3S. The van der Waals surface area contributed by atoms with Crippen LogP contribution in [0, 0.1) is 0 Å². The van der Waals surface area contributed by atoms with Gasteiger partial charge in [0.15, 0.2) is 10.9 Å². The summed E-state index contributed by atoms with van der Waals surface area (Å²) in [5, 5.41) is 4.76. The number of rotatable bonds is 4. The van der Waals surface area contributed by atoms with Crippen LogP contribution >= 0.6 is 11.8 Å². The molecule has 0 bridgehead atoms. The first kappa shape index (κ1) is 14.4. The summed E-state index contributed by atoms with van der Waals surface area (Å²) in [4.78, 5) is 16.9. The van der Waals surface area contributed by atoms with Gasteiger partial charge in [-0.05, 0) is 42.7 Å². The standard InChI is InChI=1S/C15H13N3O3S/c1-20-11-7-5-10(6-8-11)14(19)18-15(22-2)16-13(17-18)12-4-3-9-21-12/h3-9H,1-2H3. The topological polar surface area (TPSA) is 70.2 Å². The third-order valence-corrected chi connectivity index (χ3v) is 3.66. The lowest BCUT2D eigenvalue weighted by Gasteiger charge is -2.04. The molecule has 0 atom stereocenters. The van der Waals surface area contributed by atoms with Crippen LogP contribution in [0.4, 0.5) is 0 Å². The molecule has 1 aromatic carbocycles. The van der Waals surface area contributed by atoms with Crippen molar-refractivity contribution in [1.82, 2.24) is 14.8 Å². The summed E-state index contributed by atoms with van der Waals surface area (Å²) in [6.07, 6.45) is 3.38. The Bertz CT molecular complexity index is 779. The summed E-state index contributed by atoms with van der Waals surface area (Å²) in [5.41, 5.74) is 0.506. The molecule has 0 fully saturated rings. The fourth-order valence-corrected chi connectivity index (χ4v) is 2.40. The number of nitrogens with zero attached hydrogens (tertiary/aromatic N) is 3. The van der Waals surface area contributed by atoms with E-state index in [0.29, 0.717) is 28.1 Å². The number of benzene rings is 1. The van der Waals surface area contributed by atoms with Gasteiger partial charge in [0.05, 0.1) is 13.4 Å². The Hall–Kier alpha value is -2.54. The molecule has 0 aliphatic carbocycles. The molecule has 112 valence electrons. The predicted molar refractivity (Wildman–Crippen MR) is 82.2 cm³/mol. The third kappa shape index (κ3) is 2.62. The zero-order valence-electron chi connectivity index (χ0n) is 12.0. The Morgan fingerprint density at radius 3 is 2.64 bits per heavy atom. The number of carbonyl (C=O) groups is 1. The van der Waals surface area contributed by atoms with Crippen LogP contribution in [0.2, 0.25) is 0 Å². The van der Waals surface area contributed by atoms with Gasteiger partial charge in [-0.1, -0.05) is 11.8 Å². The molecule has 2 aromatic heterocycles. The Kier molecular flexibility index (Phi) is 3.97. The summed E-state index contributed by atoms with van der Waals surface area (Å²) in [6, 6.07) is 10.4. The molecule has 3 rings (SSSR count). The van der Waals surface area contributed by atoms with Gasteiger partial charge in [-0.3, -0.25) is 4.79 Å². The van der Waals surface area contributed by atoms with E-state index >= 15 is 0 Å². The van der Waals surface area contributed by atoms with Crippen molar-refractivity contribution in [3.63, 3.8) is 0 Å². The molecule has 3 aromatic rings. The van der Waals surface area contributed by atoms with E-state index in [4.69, 9.17) is 9.15 Å². The van der Waals surface area contributed by atoms with Gasteiger partial charge in [-0.15, -0.1) is 5.10 Å². The van der Waals surface area contributed by atoms with Gasteiger partial charge in [0, 0.05) is 5.56 Å². The van der Waals surface area contributed by atoms with Gasteiger partial charge in [0.2, 0.25) is 5.82 Å². The number of furan rings is 1. The van der Waals surface area contributed by atoms with E-state index in [-0.39, 0.29) is 5.91 Å². The largest absolute Gasteiger partial charge is 0.497 e. The molecule has 0 spiro atoms. The first-order valence-corrected chi connectivity index (χ1v) is 7.69. The van der Waals surface area contributed by atoms with E-state index in [0.717, 1.165) is 0 Å². The first-order valence-electron chi connectivity index (χ1n) is 6.46. The van der Waals surface area contributed by atoms with Crippen molar-refractivity contribution in [1.29, 1.82) is 0 Å². The van der Waals surface area contributed by atoms with Crippen molar-refractivity contribution in [3.8, 4) is 17.3 Å². The molecule has 22 heavy (non-hydrogen) atoms. The average Bonchev–Trinajstić information content (AvgIpc) is 3.23. The smallest absolute Gasteiger partial charge is 0.280 e. The van der Waals surface area contributed by atoms with E-state index in [1.54, 1.807) is 49.8 Å². The van der Waals surface area contributed by atoms with Gasteiger partial charge < -0.3 is 9.15 Å². The second-order valence-electron chi connectivity index (χ2n) is 4.34. The van der Waals surface area contributed by atoms with Crippen LogP contribution in [0.25, 0.3) is 11.6 Å². The lowest BCUT2D eigenvalue weighted by atomic mass is 10.2. The normalized spacial score (nSPS) is 10.6. The summed E-state index contributed by atoms with van der Waals surface area (Å²) in [6.45, 7) is 0. The van der Waals surface area contributed by atoms with Crippen LogP contribution in [-0.2, 0) is 0 Å². The summed E-state index contributed by atoms with van der Waals surface area (Å²) >= 11 is 1.35. The number of aromatic nitrogens is 3. The quantitative estimate of drug-likeness (QED) is 0.689. The Balaban J connectivity index is 1.97. The number of carbonyl (C=O) groups excluding carboxylic acids is 1. The molecule has 2 heterocycles. The van der Waals surface area contributed by atoms with Gasteiger partial charge >= 0.3 is 0 Å². The van der Waals surface area contributed by atoms with Crippen LogP contribution in [0.15, 0.2) is 52.2 Å². The van der Waals surface area contributed by atoms with Gasteiger partial charge in [0.25, 0.3) is 5.91 Å². The van der Waals surface area contributed by atoms with Crippen molar-refractivity contribution >= 4 is 17.7 Å². The molecular weight excluding hydrogens is 302 g/mol. The summed E-state index contributed by atoms with van der Waals surface area (Å²) < 4.78 is 11.6. The minimum atomic E-state index is -0.252. The second kappa shape index (κ2) is 6.07. The van der Waals surface area contributed by atoms with Gasteiger partial charge in [0.1, 0.15) is 5.75 Å². The van der Waals surface area contributed by atoms with Crippen LogP contribution in [0.1, 0.15) is 10.4 Å². The molecule has 0 radical (unpaired) electrons. The van der Waals surface area contributed by atoms with Crippen molar-refractivity contribution in [3.05, 3.63) is 48.2 Å². The molecule has 0 amide bonds. The van der Waals surface area contributed by atoms with Crippen molar-refractivity contribution < 1.29 is 13.9 Å². The molecule has 0 saturated heterocycles. The van der Waals surface area contributed by atoms with E-state index in [2.05, 4.69) is 10.1 Å². The molecule has 0 saturated carbocycles. The monoisotopic (exact) mass is 315 g/mol. The Morgan fingerprint density at radius 2 is 2.05 bits per heavy atom. The van der Waals surface area contributed by atoms with Crippen molar-refractivity contribution in [2.45, 2.75) is 5.16 Å². The van der Waals surface area contributed by atoms with Crippen LogP contribution in [0.3, 0.4) is 0 Å². The highest BCUT2D eigenvalue weighted by atomic mass is 32.2. The minimum absolute atomic E-state index is 0.252. The Morgan fingerprint density at radius 1 is 1.27 bits per heavy atom. The number of methoxy groups -OCH3 is 1. The zero-order valence-corrected chi connectivity index (χ0v) is 12.8. The molecule has 7 heteroatoms. The van der Waals surface area contributed by atoms with Gasteiger partial charge in [-0.2, -0.15) is 9.67 Å². The highest BCUT2D eigenvalue weighted by molar-refractivity contribution is 7.98. The minimum Gasteiger partial charge on any atom is -0.497 e. The van der Waals surface area contributed by atoms with E-state index < -0.39 is 0 Å². The number of hydrogen-bond donors (Lipinski definition) is 0. The second-order valence-corrected chi connectivity index (χ2v) is 5.12. The van der Waals surface area contributed by atoms with E-state index in [1.807, 2.05) is 6.26 Å².